The van der Waals surface area contributed by atoms with E-state index >= 15 is 4.39 Å². The van der Waals surface area contributed by atoms with Gasteiger partial charge in [0.15, 0.2) is 5.82 Å². The molecular formula is C28H36FN7O. The van der Waals surface area contributed by atoms with E-state index in [0.29, 0.717) is 29.7 Å². The van der Waals surface area contributed by atoms with Gasteiger partial charge in [0.05, 0.1) is 11.6 Å². The van der Waals surface area contributed by atoms with E-state index in [9.17, 15) is 0 Å². The first kappa shape index (κ1) is 24.3. The number of piperidine rings is 1. The van der Waals surface area contributed by atoms with Crippen LogP contribution in [0.25, 0.3) is 33.2 Å². The number of hydrogen-bond donors (Lipinski definition) is 2. The van der Waals surface area contributed by atoms with Crippen LogP contribution >= 0.6 is 0 Å². The summed E-state index contributed by atoms with van der Waals surface area (Å²) in [5.74, 6) is 1.20. The highest BCUT2D eigenvalue weighted by Gasteiger charge is 2.25. The SMILES string of the molecule is CCO[C@H]1CC[C@@H](Nc2ncc3c(-c4cc(F)c5nc(C)n(C6CCN(C)CC6)c5c4)c[nH]c3n2)CC1. The highest BCUT2D eigenvalue weighted by atomic mass is 19.1. The maximum Gasteiger partial charge on any atom is 0.224 e. The van der Waals surface area contributed by atoms with Crippen molar-refractivity contribution in [2.45, 2.75) is 70.6 Å². The lowest BCUT2D eigenvalue weighted by molar-refractivity contribution is 0.0346. The van der Waals surface area contributed by atoms with Crippen molar-refractivity contribution in [2.24, 2.45) is 0 Å². The van der Waals surface area contributed by atoms with Crippen LogP contribution in [0.2, 0.25) is 0 Å². The zero-order valence-corrected chi connectivity index (χ0v) is 21.9. The van der Waals surface area contributed by atoms with Crippen LogP contribution in [-0.2, 0) is 4.74 Å². The number of benzene rings is 1. The summed E-state index contributed by atoms with van der Waals surface area (Å²) in [7, 11) is 2.15. The molecule has 1 aliphatic heterocycles. The first-order chi connectivity index (χ1) is 18.0. The van der Waals surface area contributed by atoms with Gasteiger partial charge in [-0.3, -0.25) is 0 Å². The third-order valence-electron chi connectivity index (χ3n) is 8.13. The molecule has 196 valence electrons. The Morgan fingerprint density at radius 1 is 1.11 bits per heavy atom. The van der Waals surface area contributed by atoms with Gasteiger partial charge >= 0.3 is 0 Å². The first-order valence-electron chi connectivity index (χ1n) is 13.6. The molecule has 0 atom stereocenters. The van der Waals surface area contributed by atoms with Gasteiger partial charge in [-0.15, -0.1) is 0 Å². The minimum atomic E-state index is -0.293. The molecule has 4 aromatic rings. The summed E-state index contributed by atoms with van der Waals surface area (Å²) in [5.41, 5.74) is 3.76. The number of imidazole rings is 1. The monoisotopic (exact) mass is 505 g/mol. The van der Waals surface area contributed by atoms with E-state index in [1.165, 1.54) is 0 Å². The van der Waals surface area contributed by atoms with Crippen molar-refractivity contribution in [2.75, 3.05) is 32.1 Å². The molecule has 0 amide bonds. The van der Waals surface area contributed by atoms with Gasteiger partial charge in [-0.2, -0.15) is 4.98 Å². The fourth-order valence-corrected chi connectivity index (χ4v) is 6.15. The number of ether oxygens (including phenoxy) is 1. The minimum absolute atomic E-state index is 0.293. The van der Waals surface area contributed by atoms with Crippen molar-refractivity contribution in [3.05, 3.63) is 36.2 Å². The molecule has 2 fully saturated rings. The highest BCUT2D eigenvalue weighted by Crippen LogP contribution is 2.35. The lowest BCUT2D eigenvalue weighted by Crippen LogP contribution is -2.31. The van der Waals surface area contributed by atoms with Gasteiger partial charge in [0.1, 0.15) is 17.0 Å². The summed E-state index contributed by atoms with van der Waals surface area (Å²) in [5, 5.41) is 4.38. The molecule has 3 aromatic heterocycles. The van der Waals surface area contributed by atoms with Crippen molar-refractivity contribution < 1.29 is 9.13 Å². The number of aromatic nitrogens is 5. The molecule has 0 bridgehead atoms. The van der Waals surface area contributed by atoms with E-state index < -0.39 is 0 Å². The number of hydrogen-bond acceptors (Lipinski definition) is 6. The van der Waals surface area contributed by atoms with E-state index in [4.69, 9.17) is 9.72 Å². The Hall–Kier alpha value is -3.04. The molecule has 1 aromatic carbocycles. The number of H-pyrrole nitrogens is 1. The van der Waals surface area contributed by atoms with Crippen molar-refractivity contribution in [3.63, 3.8) is 0 Å². The van der Waals surface area contributed by atoms with Crippen LogP contribution in [0.1, 0.15) is 57.3 Å². The smallest absolute Gasteiger partial charge is 0.224 e. The molecule has 2 aliphatic rings. The standard InChI is InChI=1S/C28H36FN7O/c1-4-37-21-7-5-19(6-8-21)33-28-31-16-23-22(15-30-27(23)34-28)18-13-24(29)26-25(14-18)36(17(2)32-26)20-9-11-35(3)12-10-20/h13-16,19-21H,4-12H2,1-3H3,(H2,30,31,33,34)/t19-,21+. The maximum absolute atomic E-state index is 15.3. The van der Waals surface area contributed by atoms with Crippen LogP contribution in [0.5, 0.6) is 0 Å². The van der Waals surface area contributed by atoms with Gasteiger partial charge in [0, 0.05) is 42.0 Å². The average Bonchev–Trinajstić information content (AvgIpc) is 3.46. The predicted octanol–water partition coefficient (Wildman–Crippen LogP) is 5.45. The fraction of sp³-hybridized carbons (Fsp3) is 0.536. The number of fused-ring (bicyclic) bond motifs is 2. The van der Waals surface area contributed by atoms with Crippen LogP contribution < -0.4 is 5.32 Å². The van der Waals surface area contributed by atoms with E-state index in [1.807, 2.05) is 19.3 Å². The molecular weight excluding hydrogens is 469 g/mol. The lowest BCUT2D eigenvalue weighted by Gasteiger charge is -2.30. The molecule has 1 saturated carbocycles. The Balaban J connectivity index is 1.28. The molecule has 8 nitrogen and oxygen atoms in total. The van der Waals surface area contributed by atoms with Crippen LogP contribution in [0.4, 0.5) is 10.3 Å². The van der Waals surface area contributed by atoms with Gasteiger partial charge in [0.25, 0.3) is 0 Å². The first-order valence-corrected chi connectivity index (χ1v) is 13.6. The van der Waals surface area contributed by atoms with Crippen LogP contribution in [-0.4, -0.2) is 68.3 Å². The predicted molar refractivity (Wildman–Crippen MR) is 144 cm³/mol. The Morgan fingerprint density at radius 2 is 1.89 bits per heavy atom. The summed E-state index contributed by atoms with van der Waals surface area (Å²) in [6.07, 6.45) is 10.4. The molecule has 0 spiro atoms. The summed E-state index contributed by atoms with van der Waals surface area (Å²) < 4.78 is 23.3. The highest BCUT2D eigenvalue weighted by molar-refractivity contribution is 5.96. The van der Waals surface area contributed by atoms with Crippen molar-refractivity contribution in [3.8, 4) is 11.1 Å². The van der Waals surface area contributed by atoms with Crippen LogP contribution in [0, 0.1) is 12.7 Å². The van der Waals surface area contributed by atoms with Crippen molar-refractivity contribution >= 4 is 28.0 Å². The van der Waals surface area contributed by atoms with E-state index in [1.54, 1.807) is 6.07 Å². The van der Waals surface area contributed by atoms with E-state index in [2.05, 4.69) is 49.8 Å². The number of aromatic amines is 1. The molecule has 9 heteroatoms. The number of nitrogens with one attached hydrogen (secondary N) is 2. The number of aryl methyl sites for hydroxylation is 1. The van der Waals surface area contributed by atoms with E-state index in [0.717, 1.165) is 91.7 Å². The van der Waals surface area contributed by atoms with Gasteiger partial charge in [-0.05, 0) is 90.2 Å². The third-order valence-corrected chi connectivity index (χ3v) is 8.13. The summed E-state index contributed by atoms with van der Waals surface area (Å²) >= 11 is 0. The Kier molecular flexibility index (Phi) is 6.58. The second-order valence-corrected chi connectivity index (χ2v) is 10.6. The topological polar surface area (TPSA) is 83.9 Å². The number of anilines is 1. The molecule has 6 rings (SSSR count). The number of halogens is 1. The molecule has 1 saturated heterocycles. The number of nitrogens with zero attached hydrogens (tertiary/aromatic N) is 5. The quantitative estimate of drug-likeness (QED) is 0.363. The minimum Gasteiger partial charge on any atom is -0.379 e. The molecule has 1 aliphatic carbocycles. The molecule has 4 heterocycles. The maximum atomic E-state index is 15.3. The van der Waals surface area contributed by atoms with Gasteiger partial charge in [0.2, 0.25) is 5.95 Å². The second kappa shape index (κ2) is 10.0. The lowest BCUT2D eigenvalue weighted by atomic mass is 9.93. The van der Waals surface area contributed by atoms with Crippen LogP contribution in [0.3, 0.4) is 0 Å². The number of likely N-dealkylation sites (tertiary alicyclic amines) is 1. The molecule has 2 N–H and O–H groups in total. The second-order valence-electron chi connectivity index (χ2n) is 10.6. The zero-order valence-electron chi connectivity index (χ0n) is 21.9. The van der Waals surface area contributed by atoms with Crippen molar-refractivity contribution in [1.82, 2.24) is 29.4 Å². The molecule has 37 heavy (non-hydrogen) atoms. The zero-order chi connectivity index (χ0) is 25.5. The molecule has 0 unspecified atom stereocenters. The molecule has 0 radical (unpaired) electrons. The van der Waals surface area contributed by atoms with Gasteiger partial charge in [-0.1, -0.05) is 0 Å². The summed E-state index contributed by atoms with van der Waals surface area (Å²) in [6, 6.07) is 4.34. The average molecular weight is 506 g/mol. The summed E-state index contributed by atoms with van der Waals surface area (Å²) in [4.78, 5) is 19.6. The van der Waals surface area contributed by atoms with Gasteiger partial charge < -0.3 is 24.5 Å². The van der Waals surface area contributed by atoms with Crippen LogP contribution in [0.15, 0.2) is 24.5 Å². The number of rotatable bonds is 6. The van der Waals surface area contributed by atoms with E-state index in [-0.39, 0.29) is 5.82 Å². The normalized spacial score (nSPS) is 21.7. The Bertz CT molecular complexity index is 1400. The summed E-state index contributed by atoms with van der Waals surface area (Å²) in [6.45, 7) is 6.88. The van der Waals surface area contributed by atoms with Gasteiger partial charge in [-0.25, -0.2) is 14.4 Å². The fourth-order valence-electron chi connectivity index (χ4n) is 6.15. The third kappa shape index (κ3) is 4.70. The largest absolute Gasteiger partial charge is 0.379 e. The van der Waals surface area contributed by atoms with Crippen molar-refractivity contribution in [1.29, 1.82) is 0 Å². The Labute approximate surface area is 216 Å². The Morgan fingerprint density at radius 3 is 2.65 bits per heavy atom.